The van der Waals surface area contributed by atoms with E-state index in [1.165, 1.54) is 0 Å². The summed E-state index contributed by atoms with van der Waals surface area (Å²) in [4.78, 5) is 11.4. The molecule has 0 aromatic rings. The molecule has 0 bridgehead atoms. The molecule has 0 aliphatic heterocycles. The highest BCUT2D eigenvalue weighted by molar-refractivity contribution is 5.75. The molecule has 0 aromatic heterocycles. The van der Waals surface area contributed by atoms with Crippen molar-refractivity contribution < 1.29 is 29.2 Å². The molecule has 0 spiro atoms. The van der Waals surface area contributed by atoms with Crippen molar-refractivity contribution in [2.24, 2.45) is 5.92 Å². The SMILES string of the molecule is COCCC(=O)NCCCCOC(C)(C)COC(C)(C)CC(CO)CO. The lowest BCUT2D eigenvalue weighted by Gasteiger charge is -2.33. The lowest BCUT2D eigenvalue weighted by atomic mass is 9.94. The Labute approximate surface area is 158 Å². The third-order valence-corrected chi connectivity index (χ3v) is 4.03. The monoisotopic (exact) mass is 377 g/mol. The molecule has 0 aliphatic rings. The summed E-state index contributed by atoms with van der Waals surface area (Å²) in [5.74, 6) is -0.166. The van der Waals surface area contributed by atoms with Crippen LogP contribution < -0.4 is 5.32 Å². The summed E-state index contributed by atoms with van der Waals surface area (Å²) in [6.07, 6.45) is 2.68. The summed E-state index contributed by atoms with van der Waals surface area (Å²) in [5, 5.41) is 21.3. The minimum Gasteiger partial charge on any atom is -0.396 e. The summed E-state index contributed by atoms with van der Waals surface area (Å²) in [5.41, 5.74) is -0.865. The van der Waals surface area contributed by atoms with Crippen LogP contribution >= 0.6 is 0 Å². The third kappa shape index (κ3) is 13.5. The van der Waals surface area contributed by atoms with Crippen LogP contribution in [-0.4, -0.2) is 74.0 Å². The van der Waals surface area contributed by atoms with Crippen molar-refractivity contribution in [3.05, 3.63) is 0 Å². The van der Waals surface area contributed by atoms with Gasteiger partial charge in [0.1, 0.15) is 0 Å². The highest BCUT2D eigenvalue weighted by Gasteiger charge is 2.27. The van der Waals surface area contributed by atoms with Gasteiger partial charge in [0.2, 0.25) is 5.91 Å². The van der Waals surface area contributed by atoms with Gasteiger partial charge in [0.05, 0.1) is 24.4 Å². The molecule has 26 heavy (non-hydrogen) atoms. The topological polar surface area (TPSA) is 97.3 Å². The van der Waals surface area contributed by atoms with Crippen molar-refractivity contribution in [2.75, 3.05) is 46.7 Å². The number of methoxy groups -OCH3 is 1. The van der Waals surface area contributed by atoms with E-state index in [0.717, 1.165) is 12.8 Å². The van der Waals surface area contributed by atoms with E-state index in [-0.39, 0.29) is 25.0 Å². The second-order valence-electron chi connectivity index (χ2n) is 7.89. The molecular formula is C19H39NO6. The summed E-state index contributed by atoms with van der Waals surface area (Å²) in [6.45, 7) is 9.86. The van der Waals surface area contributed by atoms with Crippen molar-refractivity contribution >= 4 is 5.91 Å². The number of hydrogen-bond donors (Lipinski definition) is 3. The minimum atomic E-state index is -0.441. The maximum absolute atomic E-state index is 11.4. The molecular weight excluding hydrogens is 338 g/mol. The molecule has 0 aromatic carbocycles. The molecule has 1 amide bonds. The number of rotatable bonds is 16. The van der Waals surface area contributed by atoms with Gasteiger partial charge in [0, 0.05) is 45.8 Å². The number of ether oxygens (including phenoxy) is 3. The van der Waals surface area contributed by atoms with Gasteiger partial charge in [-0.3, -0.25) is 4.79 Å². The van der Waals surface area contributed by atoms with Gasteiger partial charge in [-0.1, -0.05) is 0 Å². The molecule has 0 saturated carbocycles. The van der Waals surface area contributed by atoms with Gasteiger partial charge in [-0.05, 0) is 47.0 Å². The van der Waals surface area contributed by atoms with E-state index < -0.39 is 11.2 Å². The van der Waals surface area contributed by atoms with Crippen LogP contribution in [0.5, 0.6) is 0 Å². The summed E-state index contributed by atoms with van der Waals surface area (Å²) in [6, 6.07) is 0. The predicted octanol–water partition coefficient (Wildman–Crippen LogP) is 1.50. The predicted molar refractivity (Wildman–Crippen MR) is 101 cm³/mol. The molecule has 0 aliphatic carbocycles. The highest BCUT2D eigenvalue weighted by atomic mass is 16.6. The Balaban J connectivity index is 3.92. The zero-order valence-electron chi connectivity index (χ0n) is 17.2. The second-order valence-corrected chi connectivity index (χ2v) is 7.89. The van der Waals surface area contributed by atoms with E-state index in [0.29, 0.717) is 39.2 Å². The van der Waals surface area contributed by atoms with E-state index in [1.54, 1.807) is 7.11 Å². The van der Waals surface area contributed by atoms with Crippen molar-refractivity contribution in [2.45, 2.75) is 64.6 Å². The maximum Gasteiger partial charge on any atom is 0.222 e. The number of aliphatic hydroxyl groups is 2. The minimum absolute atomic E-state index is 0.00722. The number of aliphatic hydroxyl groups excluding tert-OH is 2. The molecule has 0 radical (unpaired) electrons. The van der Waals surface area contributed by atoms with Gasteiger partial charge in [0.15, 0.2) is 0 Å². The first kappa shape index (κ1) is 25.3. The van der Waals surface area contributed by atoms with Gasteiger partial charge < -0.3 is 29.7 Å². The third-order valence-electron chi connectivity index (χ3n) is 4.03. The van der Waals surface area contributed by atoms with Crippen molar-refractivity contribution in [1.82, 2.24) is 5.32 Å². The second kappa shape index (κ2) is 13.4. The van der Waals surface area contributed by atoms with E-state index in [4.69, 9.17) is 14.2 Å². The van der Waals surface area contributed by atoms with Crippen molar-refractivity contribution in [3.63, 3.8) is 0 Å². The van der Waals surface area contributed by atoms with E-state index >= 15 is 0 Å². The average molecular weight is 378 g/mol. The Kier molecular flexibility index (Phi) is 13.1. The fourth-order valence-electron chi connectivity index (χ4n) is 2.44. The molecule has 3 N–H and O–H groups in total. The Morgan fingerprint density at radius 1 is 1.00 bits per heavy atom. The van der Waals surface area contributed by atoms with Crippen LogP contribution in [0.4, 0.5) is 0 Å². The lowest BCUT2D eigenvalue weighted by Crippen LogP contribution is -2.38. The van der Waals surface area contributed by atoms with Crippen LogP contribution in [0.3, 0.4) is 0 Å². The lowest BCUT2D eigenvalue weighted by molar-refractivity contribution is -0.128. The van der Waals surface area contributed by atoms with Crippen LogP contribution in [0.25, 0.3) is 0 Å². The molecule has 0 atom stereocenters. The Morgan fingerprint density at radius 2 is 1.65 bits per heavy atom. The first-order chi connectivity index (χ1) is 12.2. The quantitative estimate of drug-likeness (QED) is 0.353. The molecule has 0 fully saturated rings. The van der Waals surface area contributed by atoms with Crippen LogP contribution in [0.2, 0.25) is 0 Å². The molecule has 7 nitrogen and oxygen atoms in total. The average Bonchev–Trinajstić information content (AvgIpc) is 2.59. The maximum atomic E-state index is 11.4. The summed E-state index contributed by atoms with van der Waals surface area (Å²) >= 11 is 0. The van der Waals surface area contributed by atoms with Crippen molar-refractivity contribution in [3.8, 4) is 0 Å². The van der Waals surface area contributed by atoms with Crippen molar-refractivity contribution in [1.29, 1.82) is 0 Å². The standard InChI is InChI=1S/C19H39NO6/c1-18(2,12-16(13-21)14-22)26-15-19(3,4)25-10-7-6-9-20-17(23)8-11-24-5/h16,21-22H,6-15H2,1-5H3,(H,20,23). The molecule has 0 rings (SSSR count). The first-order valence-electron chi connectivity index (χ1n) is 9.41. The molecule has 0 heterocycles. The first-order valence-corrected chi connectivity index (χ1v) is 9.41. The number of nitrogens with one attached hydrogen (secondary N) is 1. The Morgan fingerprint density at radius 3 is 2.23 bits per heavy atom. The molecule has 0 unspecified atom stereocenters. The van der Waals surface area contributed by atoms with Gasteiger partial charge >= 0.3 is 0 Å². The fraction of sp³-hybridized carbons (Fsp3) is 0.947. The number of amides is 1. The highest BCUT2D eigenvalue weighted by Crippen LogP contribution is 2.23. The largest absolute Gasteiger partial charge is 0.396 e. The number of hydrogen-bond acceptors (Lipinski definition) is 6. The zero-order valence-corrected chi connectivity index (χ0v) is 17.2. The number of carbonyl (C=O) groups excluding carboxylic acids is 1. The molecule has 0 saturated heterocycles. The van der Waals surface area contributed by atoms with Crippen LogP contribution in [0, 0.1) is 5.92 Å². The molecule has 7 heteroatoms. The summed E-state index contributed by atoms with van der Waals surface area (Å²) < 4.78 is 16.7. The number of unbranched alkanes of at least 4 members (excludes halogenated alkanes) is 1. The van der Waals surface area contributed by atoms with Gasteiger partial charge in [-0.15, -0.1) is 0 Å². The van der Waals surface area contributed by atoms with Crippen LogP contribution in [0.15, 0.2) is 0 Å². The Bertz CT molecular complexity index is 369. The normalized spacial score (nSPS) is 12.6. The fourth-order valence-corrected chi connectivity index (χ4v) is 2.44. The van der Waals surface area contributed by atoms with Crippen LogP contribution in [0.1, 0.15) is 53.4 Å². The smallest absolute Gasteiger partial charge is 0.222 e. The van der Waals surface area contributed by atoms with Gasteiger partial charge in [-0.2, -0.15) is 0 Å². The van der Waals surface area contributed by atoms with Gasteiger partial charge in [0.25, 0.3) is 0 Å². The van der Waals surface area contributed by atoms with E-state index in [2.05, 4.69) is 5.32 Å². The van der Waals surface area contributed by atoms with E-state index in [1.807, 2.05) is 27.7 Å². The zero-order chi connectivity index (χ0) is 20.1. The van der Waals surface area contributed by atoms with E-state index in [9.17, 15) is 15.0 Å². The Hall–Kier alpha value is -0.730. The molecule has 156 valence electrons. The number of carbonyl (C=O) groups is 1. The summed E-state index contributed by atoms with van der Waals surface area (Å²) in [7, 11) is 1.58. The van der Waals surface area contributed by atoms with Gasteiger partial charge in [-0.25, -0.2) is 0 Å². The van der Waals surface area contributed by atoms with Crippen LogP contribution in [-0.2, 0) is 19.0 Å².